The van der Waals surface area contributed by atoms with Crippen molar-refractivity contribution in [3.8, 4) is 0 Å². The summed E-state index contributed by atoms with van der Waals surface area (Å²) in [4.78, 5) is 2.28. The summed E-state index contributed by atoms with van der Waals surface area (Å²) in [5, 5.41) is 0. The van der Waals surface area contributed by atoms with E-state index in [1.165, 1.54) is 12.1 Å². The van der Waals surface area contributed by atoms with Crippen molar-refractivity contribution in [2.75, 3.05) is 13.6 Å². The molecule has 0 aliphatic heterocycles. The lowest BCUT2D eigenvalue weighted by Crippen LogP contribution is -2.29. The molecule has 0 bridgehead atoms. The molecule has 0 aromatic carbocycles. The Morgan fingerprint density at radius 1 is 1.07 bits per heavy atom. The van der Waals surface area contributed by atoms with Gasteiger partial charge in [0.05, 0.1) is 0 Å². The minimum Gasteiger partial charge on any atom is -0.378 e. The lowest BCUT2D eigenvalue weighted by Gasteiger charge is -2.33. The van der Waals surface area contributed by atoms with Crippen LogP contribution in [0.25, 0.3) is 0 Å². The highest BCUT2D eigenvalue weighted by atomic mass is 15.1. The summed E-state index contributed by atoms with van der Waals surface area (Å²) in [7, 11) is 2.14. The molecule has 0 aromatic heterocycles. The Labute approximate surface area is 90.2 Å². The second-order valence-corrected chi connectivity index (χ2v) is 6.43. The molecule has 0 rings (SSSR count). The Kier molecular flexibility index (Phi) is 4.23. The van der Waals surface area contributed by atoms with Crippen LogP contribution < -0.4 is 0 Å². The van der Waals surface area contributed by atoms with Gasteiger partial charge in [0.15, 0.2) is 0 Å². The number of hydrogen-bond donors (Lipinski definition) is 0. The third-order valence-corrected chi connectivity index (χ3v) is 2.52. The SMILES string of the molecule is C=C(N(C)CCC(C)(C)C)C(C)(C)C. The molecule has 14 heavy (non-hydrogen) atoms. The van der Waals surface area contributed by atoms with Crippen LogP contribution in [-0.2, 0) is 0 Å². The molecule has 0 N–H and O–H groups in total. The van der Waals surface area contributed by atoms with E-state index in [-0.39, 0.29) is 5.41 Å². The quantitative estimate of drug-likeness (QED) is 0.663. The van der Waals surface area contributed by atoms with Crippen LogP contribution in [0.4, 0.5) is 0 Å². The number of nitrogens with zero attached hydrogens (tertiary/aromatic N) is 1. The fourth-order valence-corrected chi connectivity index (χ4v) is 1.21. The monoisotopic (exact) mass is 197 g/mol. The molecule has 0 spiro atoms. The molecule has 0 aliphatic rings. The van der Waals surface area contributed by atoms with Gasteiger partial charge in [-0.3, -0.25) is 0 Å². The largest absolute Gasteiger partial charge is 0.378 e. The molecule has 0 unspecified atom stereocenters. The summed E-state index contributed by atoms with van der Waals surface area (Å²) >= 11 is 0. The van der Waals surface area contributed by atoms with Gasteiger partial charge in [0.2, 0.25) is 0 Å². The molecule has 0 saturated heterocycles. The number of hydrogen-bond acceptors (Lipinski definition) is 1. The van der Waals surface area contributed by atoms with E-state index in [0.29, 0.717) is 5.41 Å². The minimum absolute atomic E-state index is 0.187. The average molecular weight is 197 g/mol. The van der Waals surface area contributed by atoms with Crippen LogP contribution in [0.15, 0.2) is 12.3 Å². The Morgan fingerprint density at radius 2 is 1.50 bits per heavy atom. The third kappa shape index (κ3) is 5.31. The second kappa shape index (κ2) is 4.37. The van der Waals surface area contributed by atoms with Crippen molar-refractivity contribution < 1.29 is 0 Å². The summed E-state index contributed by atoms with van der Waals surface area (Å²) in [5.41, 5.74) is 1.82. The van der Waals surface area contributed by atoms with E-state index in [4.69, 9.17) is 0 Å². The van der Waals surface area contributed by atoms with Gasteiger partial charge in [-0.05, 0) is 11.8 Å². The predicted octanol–water partition coefficient (Wildman–Crippen LogP) is 3.91. The van der Waals surface area contributed by atoms with Gasteiger partial charge in [-0.2, -0.15) is 0 Å². The molecule has 1 nitrogen and oxygen atoms in total. The molecular weight excluding hydrogens is 170 g/mol. The molecule has 84 valence electrons. The van der Waals surface area contributed by atoms with Crippen LogP contribution in [0.2, 0.25) is 0 Å². The van der Waals surface area contributed by atoms with E-state index >= 15 is 0 Å². The standard InChI is InChI=1S/C13H27N/c1-11(13(5,6)7)14(8)10-9-12(2,3)4/h1,9-10H2,2-8H3. The summed E-state index contributed by atoms with van der Waals surface area (Å²) in [6, 6.07) is 0. The maximum atomic E-state index is 4.15. The topological polar surface area (TPSA) is 3.24 Å². The van der Waals surface area contributed by atoms with Crippen molar-refractivity contribution in [2.45, 2.75) is 48.0 Å². The molecule has 1 heteroatoms. The van der Waals surface area contributed by atoms with Crippen molar-refractivity contribution in [3.05, 3.63) is 12.3 Å². The lowest BCUT2D eigenvalue weighted by molar-refractivity contribution is 0.262. The van der Waals surface area contributed by atoms with Crippen molar-refractivity contribution in [2.24, 2.45) is 10.8 Å². The maximum Gasteiger partial charge on any atom is 0.0176 e. The molecule has 0 atom stereocenters. The van der Waals surface area contributed by atoms with E-state index in [2.05, 4.69) is 60.1 Å². The zero-order chi connectivity index (χ0) is 11.6. The van der Waals surface area contributed by atoms with Crippen LogP contribution in [0.3, 0.4) is 0 Å². The zero-order valence-corrected chi connectivity index (χ0v) is 11.1. The molecule has 0 aromatic rings. The minimum atomic E-state index is 0.187. The fraction of sp³-hybridized carbons (Fsp3) is 0.846. The van der Waals surface area contributed by atoms with Gasteiger partial charge < -0.3 is 4.90 Å². The predicted molar refractivity (Wildman–Crippen MR) is 65.3 cm³/mol. The van der Waals surface area contributed by atoms with E-state index < -0.39 is 0 Å². The van der Waals surface area contributed by atoms with Gasteiger partial charge in [-0.15, -0.1) is 0 Å². The first kappa shape index (κ1) is 13.5. The number of rotatable bonds is 3. The Morgan fingerprint density at radius 3 is 1.79 bits per heavy atom. The molecule has 0 heterocycles. The highest BCUT2D eigenvalue weighted by molar-refractivity contribution is 5.03. The number of allylic oxidation sites excluding steroid dienone is 1. The normalized spacial score (nSPS) is 12.8. The molecular formula is C13H27N. The van der Waals surface area contributed by atoms with Crippen LogP contribution in [0, 0.1) is 10.8 Å². The van der Waals surface area contributed by atoms with Crippen LogP contribution >= 0.6 is 0 Å². The second-order valence-electron chi connectivity index (χ2n) is 6.43. The molecule has 0 aliphatic carbocycles. The summed E-state index contributed by atoms with van der Waals surface area (Å²) in [6.45, 7) is 18.7. The van der Waals surface area contributed by atoms with Crippen molar-refractivity contribution in [3.63, 3.8) is 0 Å². The lowest BCUT2D eigenvalue weighted by atomic mass is 9.89. The first-order valence-electron chi connectivity index (χ1n) is 5.44. The Balaban J connectivity index is 4.11. The van der Waals surface area contributed by atoms with Gasteiger partial charge in [-0.25, -0.2) is 0 Å². The first-order chi connectivity index (χ1) is 6.04. The third-order valence-electron chi connectivity index (χ3n) is 2.52. The van der Waals surface area contributed by atoms with Crippen LogP contribution in [0.5, 0.6) is 0 Å². The van der Waals surface area contributed by atoms with Crippen LogP contribution in [0.1, 0.15) is 48.0 Å². The van der Waals surface area contributed by atoms with E-state index in [1.54, 1.807) is 0 Å². The highest BCUT2D eigenvalue weighted by Crippen LogP contribution is 2.27. The molecule has 0 fully saturated rings. The zero-order valence-electron chi connectivity index (χ0n) is 11.1. The van der Waals surface area contributed by atoms with E-state index in [0.717, 1.165) is 6.54 Å². The molecule has 0 saturated carbocycles. The van der Waals surface area contributed by atoms with Gasteiger partial charge in [0.1, 0.15) is 0 Å². The van der Waals surface area contributed by atoms with Gasteiger partial charge in [-0.1, -0.05) is 48.1 Å². The molecule has 0 radical (unpaired) electrons. The smallest absolute Gasteiger partial charge is 0.0176 e. The van der Waals surface area contributed by atoms with Gasteiger partial charge in [0.25, 0.3) is 0 Å². The van der Waals surface area contributed by atoms with E-state index in [9.17, 15) is 0 Å². The molecule has 0 amide bonds. The summed E-state index contributed by atoms with van der Waals surface area (Å²) in [5.74, 6) is 0. The van der Waals surface area contributed by atoms with E-state index in [1.807, 2.05) is 0 Å². The summed E-state index contributed by atoms with van der Waals surface area (Å²) in [6.07, 6.45) is 1.21. The summed E-state index contributed by atoms with van der Waals surface area (Å²) < 4.78 is 0. The highest BCUT2D eigenvalue weighted by Gasteiger charge is 2.19. The Hall–Kier alpha value is -0.460. The van der Waals surface area contributed by atoms with Gasteiger partial charge in [0, 0.05) is 24.7 Å². The van der Waals surface area contributed by atoms with Crippen LogP contribution in [-0.4, -0.2) is 18.5 Å². The maximum absolute atomic E-state index is 4.15. The van der Waals surface area contributed by atoms with Crippen molar-refractivity contribution in [1.29, 1.82) is 0 Å². The fourth-order valence-electron chi connectivity index (χ4n) is 1.21. The van der Waals surface area contributed by atoms with Crippen molar-refractivity contribution in [1.82, 2.24) is 4.90 Å². The average Bonchev–Trinajstić information content (AvgIpc) is 1.95. The van der Waals surface area contributed by atoms with Crippen molar-refractivity contribution >= 4 is 0 Å². The first-order valence-corrected chi connectivity index (χ1v) is 5.44. The Bertz CT molecular complexity index is 190. The van der Waals surface area contributed by atoms with Gasteiger partial charge >= 0.3 is 0 Å².